The van der Waals surface area contributed by atoms with E-state index in [1.807, 2.05) is 72.2 Å². The first-order valence-corrected chi connectivity index (χ1v) is 13.5. The maximum atomic E-state index is 12.6. The van der Waals surface area contributed by atoms with Crippen molar-refractivity contribution in [3.63, 3.8) is 0 Å². The van der Waals surface area contributed by atoms with Crippen LogP contribution in [0, 0.1) is 0 Å². The van der Waals surface area contributed by atoms with Gasteiger partial charge in [-0.05, 0) is 37.3 Å². The molecule has 180 valence electrons. The molecule has 9 heteroatoms. The third kappa shape index (κ3) is 5.16. The van der Waals surface area contributed by atoms with Crippen LogP contribution in [0.5, 0.6) is 0 Å². The van der Waals surface area contributed by atoms with Gasteiger partial charge in [0.2, 0.25) is 5.91 Å². The van der Waals surface area contributed by atoms with E-state index in [-0.39, 0.29) is 11.7 Å². The Labute approximate surface area is 226 Å². The molecular formula is C27H21BrClN5OS. The summed E-state index contributed by atoms with van der Waals surface area (Å²) in [7, 11) is 0. The SMILES string of the molecule is CCn1c(SCC(=O)Nc2ccc(Br)cc2Cl)nnc1-c1cc(-c2ccccc2)nc2ccccc12. The first-order valence-electron chi connectivity index (χ1n) is 11.3. The van der Waals surface area contributed by atoms with Gasteiger partial charge in [0.1, 0.15) is 0 Å². The van der Waals surface area contributed by atoms with Crippen molar-refractivity contribution >= 4 is 61.8 Å². The Hall–Kier alpha value is -3.20. The normalized spacial score (nSPS) is 11.1. The van der Waals surface area contributed by atoms with Gasteiger partial charge in [0.25, 0.3) is 0 Å². The topological polar surface area (TPSA) is 72.7 Å². The molecule has 1 N–H and O–H groups in total. The summed E-state index contributed by atoms with van der Waals surface area (Å²) in [6, 6.07) is 25.5. The van der Waals surface area contributed by atoms with Gasteiger partial charge < -0.3 is 9.88 Å². The van der Waals surface area contributed by atoms with Gasteiger partial charge in [-0.3, -0.25) is 4.79 Å². The quantitative estimate of drug-likeness (QED) is 0.205. The van der Waals surface area contributed by atoms with Crippen molar-refractivity contribution in [2.24, 2.45) is 0 Å². The van der Waals surface area contributed by atoms with Crippen LogP contribution in [0.2, 0.25) is 5.02 Å². The van der Waals surface area contributed by atoms with E-state index in [2.05, 4.69) is 37.5 Å². The summed E-state index contributed by atoms with van der Waals surface area (Å²) in [5.41, 5.74) is 4.31. The number of halogens is 2. The number of rotatable bonds is 7. The molecule has 0 radical (unpaired) electrons. The Morgan fingerprint density at radius 3 is 2.58 bits per heavy atom. The Morgan fingerprint density at radius 1 is 1.03 bits per heavy atom. The first-order chi connectivity index (χ1) is 17.5. The van der Waals surface area contributed by atoms with Gasteiger partial charge >= 0.3 is 0 Å². The van der Waals surface area contributed by atoms with Crippen molar-refractivity contribution in [2.45, 2.75) is 18.6 Å². The number of anilines is 1. The van der Waals surface area contributed by atoms with Crippen molar-refractivity contribution in [2.75, 3.05) is 11.1 Å². The maximum Gasteiger partial charge on any atom is 0.234 e. The van der Waals surface area contributed by atoms with E-state index in [4.69, 9.17) is 16.6 Å². The lowest BCUT2D eigenvalue weighted by molar-refractivity contribution is -0.113. The summed E-state index contributed by atoms with van der Waals surface area (Å²) in [6.45, 7) is 2.70. The third-order valence-electron chi connectivity index (χ3n) is 5.60. The van der Waals surface area contributed by atoms with Crippen molar-refractivity contribution in [3.05, 3.63) is 88.4 Å². The fourth-order valence-corrected chi connectivity index (χ4v) is 5.43. The predicted octanol–water partition coefficient (Wildman–Crippen LogP) is 7.33. The van der Waals surface area contributed by atoms with Crippen LogP contribution in [0.1, 0.15) is 6.92 Å². The fourth-order valence-electron chi connectivity index (χ4n) is 3.90. The smallest absolute Gasteiger partial charge is 0.234 e. The van der Waals surface area contributed by atoms with E-state index < -0.39 is 0 Å². The molecule has 0 aliphatic heterocycles. The predicted molar refractivity (Wildman–Crippen MR) is 150 cm³/mol. The van der Waals surface area contributed by atoms with Gasteiger partial charge in [-0.2, -0.15) is 0 Å². The minimum Gasteiger partial charge on any atom is -0.324 e. The number of thioether (sulfide) groups is 1. The second-order valence-corrected chi connectivity index (χ2v) is 10.2. The molecule has 0 unspecified atom stereocenters. The van der Waals surface area contributed by atoms with Crippen LogP contribution in [0.25, 0.3) is 33.5 Å². The zero-order chi connectivity index (χ0) is 25.1. The van der Waals surface area contributed by atoms with Crippen LogP contribution >= 0.6 is 39.3 Å². The minimum absolute atomic E-state index is 0.169. The molecule has 0 atom stereocenters. The summed E-state index contributed by atoms with van der Waals surface area (Å²) in [4.78, 5) is 17.5. The highest BCUT2D eigenvalue weighted by atomic mass is 79.9. The largest absolute Gasteiger partial charge is 0.324 e. The van der Waals surface area contributed by atoms with Crippen molar-refractivity contribution in [3.8, 4) is 22.6 Å². The second-order valence-electron chi connectivity index (χ2n) is 7.95. The highest BCUT2D eigenvalue weighted by Crippen LogP contribution is 2.33. The number of benzene rings is 3. The van der Waals surface area contributed by atoms with Gasteiger partial charge in [-0.15, -0.1) is 10.2 Å². The molecule has 0 fully saturated rings. The molecule has 0 saturated carbocycles. The van der Waals surface area contributed by atoms with Crippen molar-refractivity contribution in [1.29, 1.82) is 0 Å². The first kappa shape index (κ1) is 24.5. The lowest BCUT2D eigenvalue weighted by Gasteiger charge is -2.12. The number of carbonyl (C=O) groups excluding carboxylic acids is 1. The number of hydrogen-bond donors (Lipinski definition) is 1. The monoisotopic (exact) mass is 577 g/mol. The van der Waals surface area contributed by atoms with E-state index in [0.29, 0.717) is 22.4 Å². The zero-order valence-corrected chi connectivity index (χ0v) is 22.4. The standard InChI is InChI=1S/C27H21BrClN5OS/c1-2-34-26(32-33-27(34)36-16-25(35)31-23-13-12-18(28)14-21(23)29)20-15-24(17-8-4-3-5-9-17)30-22-11-7-6-10-19(20)22/h3-15H,2,16H2,1H3,(H,31,35). The fraction of sp³-hybridized carbons (Fsp3) is 0.111. The number of fused-ring (bicyclic) bond motifs is 1. The minimum atomic E-state index is -0.169. The Bertz CT molecular complexity index is 1560. The molecule has 0 saturated heterocycles. The second kappa shape index (κ2) is 10.8. The lowest BCUT2D eigenvalue weighted by Crippen LogP contribution is -2.15. The summed E-state index contributed by atoms with van der Waals surface area (Å²) in [6.07, 6.45) is 0. The summed E-state index contributed by atoms with van der Waals surface area (Å²) in [5, 5.41) is 14.0. The van der Waals surface area contributed by atoms with Gasteiger partial charge in [-0.1, -0.05) is 87.8 Å². The Balaban J connectivity index is 1.44. The van der Waals surface area contributed by atoms with Crippen LogP contribution < -0.4 is 5.32 Å². The average Bonchev–Trinajstić information content (AvgIpc) is 3.31. The molecule has 6 nitrogen and oxygen atoms in total. The summed E-state index contributed by atoms with van der Waals surface area (Å²) in [5.74, 6) is 0.751. The highest BCUT2D eigenvalue weighted by Gasteiger charge is 2.18. The highest BCUT2D eigenvalue weighted by molar-refractivity contribution is 9.10. The number of nitrogens with one attached hydrogen (secondary N) is 1. The third-order valence-corrected chi connectivity index (χ3v) is 7.37. The molecule has 5 rings (SSSR count). The van der Waals surface area contributed by atoms with Crippen LogP contribution in [0.4, 0.5) is 5.69 Å². The van der Waals surface area contributed by atoms with Crippen molar-refractivity contribution < 1.29 is 4.79 Å². The average molecular weight is 579 g/mol. The Morgan fingerprint density at radius 2 is 1.81 bits per heavy atom. The lowest BCUT2D eigenvalue weighted by atomic mass is 10.0. The van der Waals surface area contributed by atoms with Gasteiger partial charge in [0, 0.05) is 27.5 Å². The van der Waals surface area contributed by atoms with E-state index in [1.165, 1.54) is 11.8 Å². The molecule has 2 aromatic heterocycles. The molecule has 0 aliphatic rings. The number of hydrogen-bond acceptors (Lipinski definition) is 5. The number of para-hydroxylation sites is 1. The molecule has 0 bridgehead atoms. The van der Waals surface area contributed by atoms with Gasteiger partial charge in [0.15, 0.2) is 11.0 Å². The van der Waals surface area contributed by atoms with Crippen LogP contribution in [0.3, 0.4) is 0 Å². The number of amides is 1. The van der Waals surface area contributed by atoms with Crippen LogP contribution in [0.15, 0.2) is 88.5 Å². The summed E-state index contributed by atoms with van der Waals surface area (Å²) < 4.78 is 2.88. The van der Waals surface area contributed by atoms with E-state index >= 15 is 0 Å². The van der Waals surface area contributed by atoms with Crippen LogP contribution in [-0.4, -0.2) is 31.4 Å². The molecule has 0 spiro atoms. The zero-order valence-electron chi connectivity index (χ0n) is 19.3. The summed E-state index contributed by atoms with van der Waals surface area (Å²) >= 11 is 10.9. The molecule has 5 aromatic rings. The van der Waals surface area contributed by atoms with Gasteiger partial charge in [0.05, 0.1) is 27.7 Å². The van der Waals surface area contributed by atoms with E-state index in [9.17, 15) is 4.79 Å². The number of aromatic nitrogens is 4. The number of pyridine rings is 1. The van der Waals surface area contributed by atoms with Gasteiger partial charge in [-0.25, -0.2) is 4.98 Å². The van der Waals surface area contributed by atoms with Crippen LogP contribution in [-0.2, 0) is 11.3 Å². The number of carbonyl (C=O) groups is 1. The maximum absolute atomic E-state index is 12.6. The molecular weight excluding hydrogens is 558 g/mol. The van der Waals surface area contributed by atoms with E-state index in [0.717, 1.165) is 38.0 Å². The molecule has 36 heavy (non-hydrogen) atoms. The molecule has 3 aromatic carbocycles. The van der Waals surface area contributed by atoms with Crippen molar-refractivity contribution in [1.82, 2.24) is 19.7 Å². The van der Waals surface area contributed by atoms with E-state index in [1.54, 1.807) is 12.1 Å². The Kier molecular flexibility index (Phi) is 7.36. The number of nitrogens with zero attached hydrogens (tertiary/aromatic N) is 4. The molecule has 2 heterocycles. The molecule has 0 aliphatic carbocycles. The molecule has 1 amide bonds.